The average molecular weight is 405 g/mol. The minimum atomic E-state index is -0.238. The highest BCUT2D eigenvalue weighted by atomic mass is 32.1. The highest BCUT2D eigenvalue weighted by molar-refractivity contribution is 7.20. The second-order valence-electron chi connectivity index (χ2n) is 6.51. The van der Waals surface area contributed by atoms with Crippen molar-refractivity contribution in [2.75, 3.05) is 12.1 Å². The lowest BCUT2D eigenvalue weighted by molar-refractivity contribution is 0.174. The van der Waals surface area contributed by atoms with E-state index in [4.69, 9.17) is 9.47 Å². The summed E-state index contributed by atoms with van der Waals surface area (Å²) in [6, 6.07) is 14.3. The number of nitrogens with zero attached hydrogens (tertiary/aromatic N) is 2. The fourth-order valence-electron chi connectivity index (χ4n) is 3.07. The SMILES string of the molecule is Fc1ccc(/C=C/c2cc3ncnc(NCc4ccc5c(c4)OCO5)c3s2)cc1. The Hall–Kier alpha value is -3.45. The third-order valence-electron chi connectivity index (χ3n) is 4.54. The van der Waals surface area contributed by atoms with Gasteiger partial charge in [0.15, 0.2) is 11.5 Å². The van der Waals surface area contributed by atoms with E-state index in [1.807, 2.05) is 36.4 Å². The molecule has 0 bridgehead atoms. The largest absolute Gasteiger partial charge is 0.454 e. The van der Waals surface area contributed by atoms with Gasteiger partial charge in [-0.1, -0.05) is 24.3 Å². The number of benzene rings is 2. The van der Waals surface area contributed by atoms with E-state index < -0.39 is 0 Å². The highest BCUT2D eigenvalue weighted by Crippen LogP contribution is 2.33. The number of ether oxygens (including phenoxy) is 2. The molecule has 29 heavy (non-hydrogen) atoms. The monoisotopic (exact) mass is 405 g/mol. The van der Waals surface area contributed by atoms with E-state index in [0.29, 0.717) is 6.54 Å². The van der Waals surface area contributed by atoms with Crippen molar-refractivity contribution in [2.24, 2.45) is 0 Å². The maximum Gasteiger partial charge on any atom is 0.231 e. The van der Waals surface area contributed by atoms with E-state index >= 15 is 0 Å². The van der Waals surface area contributed by atoms with Gasteiger partial charge >= 0.3 is 0 Å². The summed E-state index contributed by atoms with van der Waals surface area (Å²) >= 11 is 1.61. The van der Waals surface area contributed by atoms with Crippen LogP contribution in [-0.4, -0.2) is 16.8 Å². The minimum Gasteiger partial charge on any atom is -0.454 e. The van der Waals surface area contributed by atoms with Crippen molar-refractivity contribution in [3.8, 4) is 11.5 Å². The lowest BCUT2D eigenvalue weighted by Gasteiger charge is -2.07. The smallest absolute Gasteiger partial charge is 0.231 e. The molecule has 4 aromatic rings. The van der Waals surface area contributed by atoms with E-state index in [1.54, 1.807) is 29.8 Å². The van der Waals surface area contributed by atoms with Crippen molar-refractivity contribution in [3.63, 3.8) is 0 Å². The molecule has 2 aromatic carbocycles. The first kappa shape index (κ1) is 17.6. The molecule has 0 fully saturated rings. The lowest BCUT2D eigenvalue weighted by atomic mass is 10.2. The number of halogens is 1. The van der Waals surface area contributed by atoms with Crippen LogP contribution in [0.15, 0.2) is 54.9 Å². The van der Waals surface area contributed by atoms with Gasteiger partial charge in [0.2, 0.25) is 6.79 Å². The number of hydrogen-bond donors (Lipinski definition) is 1. The van der Waals surface area contributed by atoms with Crippen LogP contribution in [0.2, 0.25) is 0 Å². The summed E-state index contributed by atoms with van der Waals surface area (Å²) in [6.07, 6.45) is 5.52. The van der Waals surface area contributed by atoms with Gasteiger partial charge in [0.05, 0.1) is 10.2 Å². The van der Waals surface area contributed by atoms with Crippen LogP contribution in [0.4, 0.5) is 10.2 Å². The number of rotatable bonds is 5. The molecule has 0 saturated heterocycles. The third-order valence-corrected chi connectivity index (χ3v) is 5.63. The van der Waals surface area contributed by atoms with E-state index in [2.05, 4.69) is 15.3 Å². The van der Waals surface area contributed by atoms with Crippen LogP contribution < -0.4 is 14.8 Å². The maximum absolute atomic E-state index is 13.0. The topological polar surface area (TPSA) is 56.3 Å². The van der Waals surface area contributed by atoms with Crippen molar-refractivity contribution < 1.29 is 13.9 Å². The molecule has 1 N–H and O–H groups in total. The quantitative estimate of drug-likeness (QED) is 0.486. The zero-order chi connectivity index (χ0) is 19.6. The minimum absolute atomic E-state index is 0.238. The Kier molecular flexibility index (Phi) is 4.57. The van der Waals surface area contributed by atoms with Crippen LogP contribution >= 0.6 is 11.3 Å². The zero-order valence-electron chi connectivity index (χ0n) is 15.3. The van der Waals surface area contributed by atoms with Crippen molar-refractivity contribution in [2.45, 2.75) is 6.54 Å². The van der Waals surface area contributed by atoms with E-state index in [9.17, 15) is 4.39 Å². The molecule has 0 amide bonds. The van der Waals surface area contributed by atoms with Gasteiger partial charge in [-0.3, -0.25) is 0 Å². The predicted octanol–water partition coefficient (Wildman–Crippen LogP) is 5.34. The molecule has 1 aliphatic rings. The molecular formula is C22H16FN3O2S. The molecule has 0 saturated carbocycles. The summed E-state index contributed by atoms with van der Waals surface area (Å²) in [5.74, 6) is 2.09. The van der Waals surface area contributed by atoms with Crippen LogP contribution in [0.1, 0.15) is 16.0 Å². The van der Waals surface area contributed by atoms with Crippen LogP contribution in [0.25, 0.3) is 22.4 Å². The molecule has 0 spiro atoms. The summed E-state index contributed by atoms with van der Waals surface area (Å²) in [5.41, 5.74) is 2.90. The Morgan fingerprint density at radius 1 is 1.00 bits per heavy atom. The van der Waals surface area contributed by atoms with Crippen molar-refractivity contribution >= 4 is 39.5 Å². The van der Waals surface area contributed by atoms with Crippen molar-refractivity contribution in [1.82, 2.24) is 9.97 Å². The van der Waals surface area contributed by atoms with Gasteiger partial charge in [0.1, 0.15) is 18.0 Å². The summed E-state index contributed by atoms with van der Waals surface area (Å²) < 4.78 is 24.8. The van der Waals surface area contributed by atoms with Gasteiger partial charge in [0, 0.05) is 11.4 Å². The molecule has 0 atom stereocenters. The second-order valence-corrected chi connectivity index (χ2v) is 7.60. The molecule has 5 rings (SSSR count). The maximum atomic E-state index is 13.0. The molecule has 5 nitrogen and oxygen atoms in total. The molecule has 144 valence electrons. The molecular weight excluding hydrogens is 389 g/mol. The Morgan fingerprint density at radius 3 is 2.76 bits per heavy atom. The Morgan fingerprint density at radius 2 is 1.86 bits per heavy atom. The first-order valence-corrected chi connectivity index (χ1v) is 9.87. The van der Waals surface area contributed by atoms with E-state index in [0.717, 1.165) is 43.5 Å². The molecule has 0 aliphatic carbocycles. The lowest BCUT2D eigenvalue weighted by Crippen LogP contribution is -2.01. The van der Waals surface area contributed by atoms with Gasteiger partial charge in [-0.05, 0) is 47.5 Å². The predicted molar refractivity (Wildman–Crippen MR) is 113 cm³/mol. The van der Waals surface area contributed by atoms with Crippen LogP contribution in [0.3, 0.4) is 0 Å². The van der Waals surface area contributed by atoms with Crippen LogP contribution in [0, 0.1) is 5.82 Å². The summed E-state index contributed by atoms with van der Waals surface area (Å²) in [4.78, 5) is 9.82. The van der Waals surface area contributed by atoms with Gasteiger partial charge in [-0.15, -0.1) is 11.3 Å². The van der Waals surface area contributed by atoms with Crippen LogP contribution in [0.5, 0.6) is 11.5 Å². The summed E-state index contributed by atoms with van der Waals surface area (Å²) in [6.45, 7) is 0.879. The Balaban J connectivity index is 1.35. The molecule has 0 radical (unpaired) electrons. The average Bonchev–Trinajstić information content (AvgIpc) is 3.38. The number of hydrogen-bond acceptors (Lipinski definition) is 6. The summed E-state index contributed by atoms with van der Waals surface area (Å²) in [5, 5.41) is 3.39. The van der Waals surface area contributed by atoms with E-state index in [-0.39, 0.29) is 12.6 Å². The highest BCUT2D eigenvalue weighted by Gasteiger charge is 2.13. The Bertz CT molecular complexity index is 1200. The zero-order valence-corrected chi connectivity index (χ0v) is 16.1. The second kappa shape index (κ2) is 7.52. The molecule has 2 aromatic heterocycles. The van der Waals surface area contributed by atoms with Gasteiger partial charge < -0.3 is 14.8 Å². The molecule has 3 heterocycles. The fraction of sp³-hybridized carbons (Fsp3) is 0.0909. The number of anilines is 1. The van der Waals surface area contributed by atoms with Crippen molar-refractivity contribution in [3.05, 3.63) is 76.7 Å². The molecule has 0 unspecified atom stereocenters. The first-order valence-electron chi connectivity index (χ1n) is 9.05. The number of thiophene rings is 1. The standard InChI is InChI=1S/C22H16FN3O2S/c23-16-5-1-14(2-6-16)3-7-17-10-18-21(29-17)22(26-12-25-18)24-11-15-4-8-19-20(9-15)28-13-27-19/h1-10,12H,11,13H2,(H,24,25,26)/b7-3+. The van der Waals surface area contributed by atoms with Crippen LogP contribution in [-0.2, 0) is 6.54 Å². The Labute approximate surface area is 170 Å². The van der Waals surface area contributed by atoms with Gasteiger partial charge in [-0.25, -0.2) is 14.4 Å². The summed E-state index contributed by atoms with van der Waals surface area (Å²) in [7, 11) is 0. The van der Waals surface area contributed by atoms with Gasteiger partial charge in [-0.2, -0.15) is 0 Å². The first-order chi connectivity index (χ1) is 14.2. The fourth-order valence-corrected chi connectivity index (χ4v) is 4.05. The number of aromatic nitrogens is 2. The number of nitrogens with one attached hydrogen (secondary N) is 1. The molecule has 7 heteroatoms. The normalized spacial score (nSPS) is 12.7. The van der Waals surface area contributed by atoms with E-state index in [1.165, 1.54) is 12.1 Å². The number of fused-ring (bicyclic) bond motifs is 2. The van der Waals surface area contributed by atoms with Gasteiger partial charge in [0.25, 0.3) is 0 Å². The molecule has 1 aliphatic heterocycles. The third kappa shape index (κ3) is 3.77. The van der Waals surface area contributed by atoms with Crippen molar-refractivity contribution in [1.29, 1.82) is 0 Å².